The van der Waals surface area contributed by atoms with E-state index in [0.717, 1.165) is 5.69 Å². The molecule has 220 valence electrons. The van der Waals surface area contributed by atoms with E-state index in [4.69, 9.17) is 9.41 Å². The smallest absolute Gasteiger partial charge is 0.197 e. The average molecular weight is 596 g/mol. The number of benzene rings is 1. The zero-order valence-corrected chi connectivity index (χ0v) is 27.1. The summed E-state index contributed by atoms with van der Waals surface area (Å²) in [6, 6.07) is 14.4. The SMILES string of the molecule is CC(O)(N[S+]([O-])C(C)(C)C)c1cccc(-c2cc(O)c3cnn(-c4cccc(CO[Si](C)(C)C(C)(C)C)n4)c3c2)n1. The molecule has 0 aliphatic rings. The highest BCUT2D eigenvalue weighted by Crippen LogP contribution is 2.37. The van der Waals surface area contributed by atoms with Crippen molar-refractivity contribution in [2.45, 2.75) is 83.7 Å². The highest BCUT2D eigenvalue weighted by Gasteiger charge is 2.38. The van der Waals surface area contributed by atoms with Gasteiger partial charge >= 0.3 is 0 Å². The van der Waals surface area contributed by atoms with Gasteiger partial charge in [-0.15, -0.1) is 4.72 Å². The van der Waals surface area contributed by atoms with Crippen molar-refractivity contribution >= 4 is 30.6 Å². The molecule has 3 heterocycles. The highest BCUT2D eigenvalue weighted by molar-refractivity contribution is 7.90. The van der Waals surface area contributed by atoms with Crippen LogP contribution in [0.4, 0.5) is 0 Å². The second kappa shape index (κ2) is 11.1. The Morgan fingerprint density at radius 3 is 2.34 bits per heavy atom. The fourth-order valence-electron chi connectivity index (χ4n) is 3.83. The zero-order valence-electron chi connectivity index (χ0n) is 25.3. The first-order valence-corrected chi connectivity index (χ1v) is 17.7. The molecule has 0 saturated carbocycles. The summed E-state index contributed by atoms with van der Waals surface area (Å²) in [5.41, 5.74) is 1.27. The van der Waals surface area contributed by atoms with Crippen molar-refractivity contribution < 1.29 is 19.2 Å². The lowest BCUT2D eigenvalue weighted by Gasteiger charge is -2.36. The van der Waals surface area contributed by atoms with Crippen molar-refractivity contribution in [2.24, 2.45) is 0 Å². The largest absolute Gasteiger partial charge is 0.598 e. The van der Waals surface area contributed by atoms with Gasteiger partial charge in [-0.2, -0.15) is 5.10 Å². The molecule has 0 bridgehead atoms. The predicted molar refractivity (Wildman–Crippen MR) is 166 cm³/mol. The lowest BCUT2D eigenvalue weighted by molar-refractivity contribution is 0.0401. The van der Waals surface area contributed by atoms with Crippen LogP contribution in [0.5, 0.6) is 5.75 Å². The van der Waals surface area contributed by atoms with Crippen LogP contribution in [-0.4, -0.2) is 47.6 Å². The molecule has 2 atom stereocenters. The van der Waals surface area contributed by atoms with E-state index in [1.807, 2.05) is 45.0 Å². The second-order valence-electron chi connectivity index (χ2n) is 13.0. The summed E-state index contributed by atoms with van der Waals surface area (Å²) < 4.78 is 22.9. The first kappa shape index (κ1) is 31.1. The number of aromatic nitrogens is 4. The first-order valence-electron chi connectivity index (χ1n) is 13.6. The Bertz CT molecular complexity index is 1540. The van der Waals surface area contributed by atoms with Gasteiger partial charge in [0.2, 0.25) is 0 Å². The standard InChI is InChI=1S/C30H41N5O4SSi/c1-28(2,3)40(38)34-30(7,37)26-14-11-13-23(33-26)20-16-24-22(25(36)17-20)18-31-35(24)27-15-10-12-21(32-27)19-39-41(8,9)29(4,5)6/h10-18,34,36-37H,19H2,1-9H3. The molecular weight excluding hydrogens is 555 g/mol. The number of phenols is 1. The number of pyridine rings is 2. The average Bonchev–Trinajstić information content (AvgIpc) is 3.31. The summed E-state index contributed by atoms with van der Waals surface area (Å²) in [6.45, 7) is 18.4. The Labute approximate surface area is 246 Å². The van der Waals surface area contributed by atoms with E-state index in [0.29, 0.717) is 40.3 Å². The molecule has 0 aliphatic heterocycles. The molecule has 4 aromatic rings. The number of fused-ring (bicyclic) bond motifs is 1. The van der Waals surface area contributed by atoms with Gasteiger partial charge in [0, 0.05) is 16.9 Å². The van der Waals surface area contributed by atoms with E-state index in [-0.39, 0.29) is 10.8 Å². The van der Waals surface area contributed by atoms with Gasteiger partial charge in [0.05, 0.1) is 40.8 Å². The Kier molecular flexibility index (Phi) is 8.45. The molecule has 9 nitrogen and oxygen atoms in total. The summed E-state index contributed by atoms with van der Waals surface area (Å²) >= 11 is -1.52. The number of nitrogens with one attached hydrogen (secondary N) is 1. The minimum atomic E-state index is -1.95. The van der Waals surface area contributed by atoms with Crippen LogP contribution in [0.3, 0.4) is 0 Å². The van der Waals surface area contributed by atoms with E-state index in [2.05, 4.69) is 48.7 Å². The van der Waals surface area contributed by atoms with E-state index >= 15 is 0 Å². The molecule has 0 fully saturated rings. The number of phenolic OH excluding ortho intramolecular Hbond substituents is 1. The fraction of sp³-hybridized carbons (Fsp3) is 0.433. The number of aliphatic hydroxyl groups is 1. The van der Waals surface area contributed by atoms with E-state index < -0.39 is 30.2 Å². The Balaban J connectivity index is 1.68. The van der Waals surface area contributed by atoms with E-state index in [1.54, 1.807) is 35.1 Å². The molecule has 11 heteroatoms. The lowest BCUT2D eigenvalue weighted by Crippen LogP contribution is -2.50. The minimum absolute atomic E-state index is 0.0482. The van der Waals surface area contributed by atoms with E-state index in [9.17, 15) is 14.8 Å². The number of hydrogen-bond acceptors (Lipinski definition) is 8. The van der Waals surface area contributed by atoms with E-state index in [1.165, 1.54) is 6.92 Å². The van der Waals surface area contributed by atoms with Crippen molar-refractivity contribution in [2.75, 3.05) is 0 Å². The molecule has 0 amide bonds. The molecule has 3 aromatic heterocycles. The third-order valence-corrected chi connectivity index (χ3v) is 13.6. The fourth-order valence-corrected chi connectivity index (χ4v) is 5.54. The second-order valence-corrected chi connectivity index (χ2v) is 19.8. The predicted octanol–water partition coefficient (Wildman–Crippen LogP) is 5.93. The van der Waals surface area contributed by atoms with Crippen molar-refractivity contribution in [3.8, 4) is 22.8 Å². The molecular formula is C30H41N5O4SSi. The van der Waals surface area contributed by atoms with Gasteiger partial charge in [-0.05, 0) is 82.2 Å². The van der Waals surface area contributed by atoms with Crippen LogP contribution in [-0.2, 0) is 28.1 Å². The van der Waals surface area contributed by atoms with Crippen LogP contribution in [0.25, 0.3) is 28.0 Å². The molecule has 4 rings (SSSR count). The minimum Gasteiger partial charge on any atom is -0.598 e. The van der Waals surface area contributed by atoms with Crippen LogP contribution < -0.4 is 4.72 Å². The molecule has 2 unspecified atom stereocenters. The van der Waals surface area contributed by atoms with Crippen LogP contribution in [0.1, 0.15) is 59.9 Å². The molecule has 0 aliphatic carbocycles. The normalized spacial score (nSPS) is 15.2. The number of rotatable bonds is 8. The maximum Gasteiger partial charge on any atom is 0.197 e. The monoisotopic (exact) mass is 595 g/mol. The van der Waals surface area contributed by atoms with Crippen molar-refractivity contribution in [1.29, 1.82) is 0 Å². The van der Waals surface area contributed by atoms with Gasteiger partial charge < -0.3 is 19.2 Å². The third kappa shape index (κ3) is 6.82. The van der Waals surface area contributed by atoms with Crippen molar-refractivity contribution in [3.05, 3.63) is 66.1 Å². The Morgan fingerprint density at radius 1 is 1.00 bits per heavy atom. The van der Waals surface area contributed by atoms with Crippen LogP contribution >= 0.6 is 0 Å². The summed E-state index contributed by atoms with van der Waals surface area (Å²) in [6.07, 6.45) is 1.61. The Morgan fingerprint density at radius 2 is 1.68 bits per heavy atom. The third-order valence-electron chi connectivity index (χ3n) is 7.45. The first-order chi connectivity index (χ1) is 18.9. The lowest BCUT2D eigenvalue weighted by atomic mass is 10.1. The summed E-state index contributed by atoms with van der Waals surface area (Å²) in [7, 11) is -1.95. The summed E-state index contributed by atoms with van der Waals surface area (Å²) in [4.78, 5) is 9.46. The topological polar surface area (TPSA) is 128 Å². The van der Waals surface area contributed by atoms with Crippen molar-refractivity contribution in [3.63, 3.8) is 0 Å². The Hall–Kier alpha value is -2.80. The van der Waals surface area contributed by atoms with Gasteiger partial charge in [0.1, 0.15) is 10.5 Å². The molecule has 41 heavy (non-hydrogen) atoms. The quantitative estimate of drug-likeness (QED) is 0.130. The summed E-state index contributed by atoms with van der Waals surface area (Å²) in [5.74, 6) is 0.651. The van der Waals surface area contributed by atoms with Gasteiger partial charge in [0.25, 0.3) is 0 Å². The van der Waals surface area contributed by atoms with Gasteiger partial charge in [-0.1, -0.05) is 32.9 Å². The van der Waals surface area contributed by atoms with Crippen molar-refractivity contribution in [1.82, 2.24) is 24.5 Å². The van der Waals surface area contributed by atoms with Gasteiger partial charge in [-0.25, -0.2) is 14.6 Å². The number of aromatic hydroxyl groups is 1. The molecule has 1 aromatic carbocycles. The molecule has 0 spiro atoms. The molecule has 3 N–H and O–H groups in total. The summed E-state index contributed by atoms with van der Waals surface area (Å²) in [5, 5.41) is 27.2. The van der Waals surface area contributed by atoms with Crippen LogP contribution in [0.2, 0.25) is 18.1 Å². The highest BCUT2D eigenvalue weighted by atomic mass is 32.2. The molecule has 0 radical (unpaired) electrons. The zero-order chi connectivity index (χ0) is 30.4. The maximum absolute atomic E-state index is 12.7. The number of hydrogen-bond donors (Lipinski definition) is 3. The number of nitrogens with zero attached hydrogens (tertiary/aromatic N) is 4. The van der Waals surface area contributed by atoms with Gasteiger partial charge in [-0.3, -0.25) is 0 Å². The molecule has 0 saturated heterocycles. The van der Waals surface area contributed by atoms with Gasteiger partial charge in [0.15, 0.2) is 19.9 Å². The van der Waals surface area contributed by atoms with Crippen LogP contribution in [0.15, 0.2) is 54.7 Å². The van der Waals surface area contributed by atoms with Crippen LogP contribution in [0, 0.1) is 0 Å². The maximum atomic E-state index is 12.7.